The van der Waals surface area contributed by atoms with Crippen molar-refractivity contribution in [3.8, 4) is 5.75 Å². The predicted molar refractivity (Wildman–Crippen MR) is 82.1 cm³/mol. The molecule has 1 heterocycles. The number of hydrogen-bond donors (Lipinski definition) is 1. The molecule has 2 aromatic carbocycles. The van der Waals surface area contributed by atoms with E-state index in [4.69, 9.17) is 4.74 Å². The van der Waals surface area contributed by atoms with E-state index in [0.717, 1.165) is 23.4 Å². The number of hydrogen-bond acceptors (Lipinski definition) is 3. The van der Waals surface area contributed by atoms with Gasteiger partial charge in [-0.05, 0) is 29.8 Å². The SMILES string of the molecule is COc1cccc(CNc2cccc3cnccc23)c1. The number of pyridine rings is 1. The Morgan fingerprint density at radius 3 is 2.90 bits per heavy atom. The van der Waals surface area contributed by atoms with Gasteiger partial charge in [-0.2, -0.15) is 0 Å². The number of nitrogens with one attached hydrogen (secondary N) is 1. The Morgan fingerprint density at radius 2 is 2.00 bits per heavy atom. The molecule has 3 aromatic rings. The van der Waals surface area contributed by atoms with Gasteiger partial charge in [-0.3, -0.25) is 4.98 Å². The molecule has 0 aliphatic rings. The van der Waals surface area contributed by atoms with Crippen LogP contribution in [-0.2, 0) is 6.54 Å². The first-order valence-corrected chi connectivity index (χ1v) is 6.56. The number of benzene rings is 2. The third-order valence-corrected chi connectivity index (χ3v) is 3.30. The maximum Gasteiger partial charge on any atom is 0.119 e. The van der Waals surface area contributed by atoms with Crippen molar-refractivity contribution < 1.29 is 4.74 Å². The molecule has 3 heteroatoms. The van der Waals surface area contributed by atoms with Crippen molar-refractivity contribution in [1.82, 2.24) is 4.98 Å². The van der Waals surface area contributed by atoms with Crippen LogP contribution in [0.3, 0.4) is 0 Å². The summed E-state index contributed by atoms with van der Waals surface area (Å²) in [4.78, 5) is 4.15. The summed E-state index contributed by atoms with van der Waals surface area (Å²) in [7, 11) is 1.68. The molecule has 100 valence electrons. The number of anilines is 1. The highest BCUT2D eigenvalue weighted by Crippen LogP contribution is 2.23. The molecule has 0 atom stereocenters. The number of rotatable bonds is 4. The second-order valence-electron chi connectivity index (χ2n) is 4.61. The van der Waals surface area contributed by atoms with Gasteiger partial charge in [0, 0.05) is 35.4 Å². The summed E-state index contributed by atoms with van der Waals surface area (Å²) in [6.45, 7) is 0.763. The molecule has 0 radical (unpaired) electrons. The lowest BCUT2D eigenvalue weighted by molar-refractivity contribution is 0.414. The number of methoxy groups -OCH3 is 1. The van der Waals surface area contributed by atoms with Crippen molar-refractivity contribution in [2.75, 3.05) is 12.4 Å². The van der Waals surface area contributed by atoms with E-state index < -0.39 is 0 Å². The third kappa shape index (κ3) is 2.57. The highest BCUT2D eigenvalue weighted by molar-refractivity contribution is 5.93. The summed E-state index contributed by atoms with van der Waals surface area (Å²) in [5.41, 5.74) is 2.31. The first-order chi connectivity index (χ1) is 9.86. The lowest BCUT2D eigenvalue weighted by Crippen LogP contribution is -2.00. The van der Waals surface area contributed by atoms with Crippen LogP contribution in [0.4, 0.5) is 5.69 Å². The molecule has 1 N–H and O–H groups in total. The molecule has 0 bridgehead atoms. The van der Waals surface area contributed by atoms with Crippen molar-refractivity contribution >= 4 is 16.5 Å². The first-order valence-electron chi connectivity index (χ1n) is 6.56. The largest absolute Gasteiger partial charge is 0.497 e. The minimum atomic E-state index is 0.763. The van der Waals surface area contributed by atoms with Crippen LogP contribution in [0.1, 0.15) is 5.56 Å². The third-order valence-electron chi connectivity index (χ3n) is 3.30. The second kappa shape index (κ2) is 5.61. The maximum absolute atomic E-state index is 5.24. The molecular formula is C17H16N2O. The zero-order valence-corrected chi connectivity index (χ0v) is 11.3. The van der Waals surface area contributed by atoms with Gasteiger partial charge in [-0.15, -0.1) is 0 Å². The zero-order valence-electron chi connectivity index (χ0n) is 11.3. The molecule has 3 rings (SSSR count). The molecule has 0 aliphatic heterocycles. The van der Waals surface area contributed by atoms with Crippen molar-refractivity contribution in [2.45, 2.75) is 6.54 Å². The molecule has 0 fully saturated rings. The van der Waals surface area contributed by atoms with Gasteiger partial charge in [0.1, 0.15) is 5.75 Å². The Hall–Kier alpha value is -2.55. The van der Waals surface area contributed by atoms with Crippen LogP contribution in [-0.4, -0.2) is 12.1 Å². The van der Waals surface area contributed by atoms with Crippen LogP contribution < -0.4 is 10.1 Å². The van der Waals surface area contributed by atoms with E-state index in [2.05, 4.69) is 28.5 Å². The standard InChI is InChI=1S/C17H16N2O/c1-20-15-6-2-4-13(10-15)11-19-17-7-3-5-14-12-18-9-8-16(14)17/h2-10,12,19H,11H2,1H3. The van der Waals surface area contributed by atoms with Gasteiger partial charge < -0.3 is 10.1 Å². The number of aromatic nitrogens is 1. The summed E-state index contributed by atoms with van der Waals surface area (Å²) in [6.07, 6.45) is 3.70. The highest BCUT2D eigenvalue weighted by atomic mass is 16.5. The Kier molecular flexibility index (Phi) is 3.50. The minimum Gasteiger partial charge on any atom is -0.497 e. The molecule has 0 spiro atoms. The van der Waals surface area contributed by atoms with E-state index >= 15 is 0 Å². The van der Waals surface area contributed by atoms with E-state index in [1.165, 1.54) is 10.9 Å². The number of fused-ring (bicyclic) bond motifs is 1. The number of ether oxygens (including phenoxy) is 1. The van der Waals surface area contributed by atoms with Crippen LogP contribution in [0.15, 0.2) is 60.9 Å². The fraction of sp³-hybridized carbons (Fsp3) is 0.118. The lowest BCUT2D eigenvalue weighted by atomic mass is 10.1. The van der Waals surface area contributed by atoms with Gasteiger partial charge in [-0.25, -0.2) is 0 Å². The van der Waals surface area contributed by atoms with Gasteiger partial charge >= 0.3 is 0 Å². The fourth-order valence-electron chi connectivity index (χ4n) is 2.26. The maximum atomic E-state index is 5.24. The topological polar surface area (TPSA) is 34.1 Å². The molecule has 20 heavy (non-hydrogen) atoms. The van der Waals surface area contributed by atoms with E-state index in [1.54, 1.807) is 7.11 Å². The monoisotopic (exact) mass is 264 g/mol. The Bertz CT molecular complexity index is 720. The second-order valence-corrected chi connectivity index (χ2v) is 4.61. The van der Waals surface area contributed by atoms with Crippen LogP contribution in [0.25, 0.3) is 10.8 Å². The minimum absolute atomic E-state index is 0.763. The van der Waals surface area contributed by atoms with Crippen LogP contribution in [0.2, 0.25) is 0 Å². The average molecular weight is 264 g/mol. The van der Waals surface area contributed by atoms with Gasteiger partial charge in [-0.1, -0.05) is 24.3 Å². The summed E-state index contributed by atoms with van der Waals surface area (Å²) in [6, 6.07) is 16.3. The Labute approximate surface area is 118 Å². The van der Waals surface area contributed by atoms with Gasteiger partial charge in [0.15, 0.2) is 0 Å². The van der Waals surface area contributed by atoms with E-state index in [0.29, 0.717) is 0 Å². The van der Waals surface area contributed by atoms with Crippen molar-refractivity contribution in [3.05, 3.63) is 66.5 Å². The summed E-state index contributed by atoms with van der Waals surface area (Å²) >= 11 is 0. The molecule has 1 aromatic heterocycles. The molecule has 0 amide bonds. The van der Waals surface area contributed by atoms with E-state index in [9.17, 15) is 0 Å². The van der Waals surface area contributed by atoms with Crippen LogP contribution in [0.5, 0.6) is 5.75 Å². The molecule has 0 saturated heterocycles. The number of nitrogens with zero attached hydrogens (tertiary/aromatic N) is 1. The van der Waals surface area contributed by atoms with E-state index in [-0.39, 0.29) is 0 Å². The van der Waals surface area contributed by atoms with E-state index in [1.807, 2.05) is 42.7 Å². The van der Waals surface area contributed by atoms with Crippen molar-refractivity contribution in [3.63, 3.8) is 0 Å². The quantitative estimate of drug-likeness (QED) is 0.777. The summed E-state index contributed by atoms with van der Waals surface area (Å²) in [5.74, 6) is 0.881. The molecule has 0 unspecified atom stereocenters. The van der Waals surface area contributed by atoms with Gasteiger partial charge in [0.25, 0.3) is 0 Å². The Balaban J connectivity index is 1.83. The molecule has 0 saturated carbocycles. The summed E-state index contributed by atoms with van der Waals surface area (Å²) < 4.78 is 5.24. The zero-order chi connectivity index (χ0) is 13.8. The molecule has 0 aliphatic carbocycles. The summed E-state index contributed by atoms with van der Waals surface area (Å²) in [5, 5.41) is 5.80. The Morgan fingerprint density at radius 1 is 1.10 bits per heavy atom. The molecular weight excluding hydrogens is 248 g/mol. The van der Waals surface area contributed by atoms with Crippen LogP contribution >= 0.6 is 0 Å². The van der Waals surface area contributed by atoms with Gasteiger partial charge in [0.2, 0.25) is 0 Å². The van der Waals surface area contributed by atoms with Crippen LogP contribution in [0, 0.1) is 0 Å². The smallest absolute Gasteiger partial charge is 0.119 e. The molecule has 3 nitrogen and oxygen atoms in total. The normalized spacial score (nSPS) is 10.4. The fourth-order valence-corrected chi connectivity index (χ4v) is 2.26. The predicted octanol–water partition coefficient (Wildman–Crippen LogP) is 3.86. The van der Waals surface area contributed by atoms with Crippen molar-refractivity contribution in [2.24, 2.45) is 0 Å². The lowest BCUT2D eigenvalue weighted by Gasteiger charge is -2.10. The average Bonchev–Trinajstić information content (AvgIpc) is 2.53. The first kappa shape index (κ1) is 12.5. The van der Waals surface area contributed by atoms with Crippen molar-refractivity contribution in [1.29, 1.82) is 0 Å². The van der Waals surface area contributed by atoms with Gasteiger partial charge in [0.05, 0.1) is 7.11 Å². The highest BCUT2D eigenvalue weighted by Gasteiger charge is 2.01.